The zero-order valence-electron chi connectivity index (χ0n) is 12.1. The molecule has 1 aromatic rings. The van der Waals surface area contributed by atoms with E-state index in [1.807, 2.05) is 6.92 Å². The predicted octanol–water partition coefficient (Wildman–Crippen LogP) is 2.51. The van der Waals surface area contributed by atoms with Crippen LogP contribution in [0.5, 0.6) is 11.5 Å². The fourth-order valence-corrected chi connectivity index (χ4v) is 1.69. The Kier molecular flexibility index (Phi) is 6.56. The summed E-state index contributed by atoms with van der Waals surface area (Å²) in [7, 11) is 3.06. The second-order valence-electron chi connectivity index (χ2n) is 4.32. The van der Waals surface area contributed by atoms with E-state index in [1.54, 1.807) is 18.2 Å². The molecule has 0 atom stereocenters. The standard InChI is InChI=1S/C15H20O5/c1-4-5-6-14(16)20-15(17)10-11-7-8-12(18-2)13(9-11)19-3/h7-9H,4-6,10H2,1-3H3. The summed E-state index contributed by atoms with van der Waals surface area (Å²) >= 11 is 0. The first-order valence-electron chi connectivity index (χ1n) is 6.55. The van der Waals surface area contributed by atoms with Gasteiger partial charge in [-0.05, 0) is 24.1 Å². The molecule has 0 spiro atoms. The number of methoxy groups -OCH3 is 2. The fraction of sp³-hybridized carbons (Fsp3) is 0.467. The Bertz CT molecular complexity index is 467. The van der Waals surface area contributed by atoms with Gasteiger partial charge in [0.1, 0.15) is 0 Å². The van der Waals surface area contributed by atoms with Gasteiger partial charge in [-0.1, -0.05) is 19.4 Å². The SMILES string of the molecule is CCCCC(=O)OC(=O)Cc1ccc(OC)c(OC)c1. The molecule has 5 heteroatoms. The van der Waals surface area contributed by atoms with E-state index in [2.05, 4.69) is 0 Å². The van der Waals surface area contributed by atoms with Gasteiger partial charge >= 0.3 is 11.9 Å². The van der Waals surface area contributed by atoms with Gasteiger partial charge in [0.15, 0.2) is 11.5 Å². The first kappa shape index (κ1) is 16.0. The molecule has 5 nitrogen and oxygen atoms in total. The number of carbonyl (C=O) groups excluding carboxylic acids is 2. The van der Waals surface area contributed by atoms with Crippen molar-refractivity contribution < 1.29 is 23.8 Å². The van der Waals surface area contributed by atoms with Crippen molar-refractivity contribution in [3.05, 3.63) is 23.8 Å². The number of benzene rings is 1. The van der Waals surface area contributed by atoms with Gasteiger partial charge in [-0.2, -0.15) is 0 Å². The van der Waals surface area contributed by atoms with E-state index in [0.717, 1.165) is 12.8 Å². The largest absolute Gasteiger partial charge is 0.493 e. The lowest BCUT2D eigenvalue weighted by Gasteiger charge is -2.09. The van der Waals surface area contributed by atoms with Crippen molar-refractivity contribution in [1.29, 1.82) is 0 Å². The topological polar surface area (TPSA) is 61.8 Å². The van der Waals surface area contributed by atoms with Gasteiger partial charge in [0.05, 0.1) is 20.6 Å². The van der Waals surface area contributed by atoms with Crippen molar-refractivity contribution in [2.24, 2.45) is 0 Å². The number of ether oxygens (including phenoxy) is 3. The molecular weight excluding hydrogens is 260 g/mol. The first-order valence-corrected chi connectivity index (χ1v) is 6.55. The highest BCUT2D eigenvalue weighted by atomic mass is 16.6. The molecule has 0 saturated carbocycles. The Hall–Kier alpha value is -2.04. The van der Waals surface area contributed by atoms with Crippen LogP contribution >= 0.6 is 0 Å². The number of unbranched alkanes of at least 4 members (excludes halogenated alkanes) is 1. The number of rotatable bonds is 7. The molecule has 0 amide bonds. The Morgan fingerprint density at radius 1 is 1.05 bits per heavy atom. The van der Waals surface area contributed by atoms with Crippen molar-refractivity contribution >= 4 is 11.9 Å². The zero-order chi connectivity index (χ0) is 15.0. The van der Waals surface area contributed by atoms with Crippen LogP contribution in [0.25, 0.3) is 0 Å². The van der Waals surface area contributed by atoms with E-state index in [9.17, 15) is 9.59 Å². The molecule has 0 aliphatic rings. The molecule has 0 aliphatic heterocycles. The molecule has 0 aromatic heterocycles. The second-order valence-corrected chi connectivity index (χ2v) is 4.32. The summed E-state index contributed by atoms with van der Waals surface area (Å²) in [6.45, 7) is 1.97. The van der Waals surface area contributed by atoms with Gasteiger partial charge in [-0.25, -0.2) is 0 Å². The minimum absolute atomic E-state index is 0.0260. The molecule has 0 bridgehead atoms. The fourth-order valence-electron chi connectivity index (χ4n) is 1.69. The van der Waals surface area contributed by atoms with Crippen LogP contribution < -0.4 is 9.47 Å². The van der Waals surface area contributed by atoms with E-state index in [4.69, 9.17) is 14.2 Å². The number of hydrogen-bond donors (Lipinski definition) is 0. The van der Waals surface area contributed by atoms with Crippen molar-refractivity contribution in [2.75, 3.05) is 14.2 Å². The van der Waals surface area contributed by atoms with Crippen LogP contribution in [0.1, 0.15) is 31.7 Å². The van der Waals surface area contributed by atoms with Gasteiger partial charge in [-0.3, -0.25) is 9.59 Å². The summed E-state index contributed by atoms with van der Waals surface area (Å²) in [5.41, 5.74) is 0.705. The highest BCUT2D eigenvalue weighted by molar-refractivity contribution is 5.86. The van der Waals surface area contributed by atoms with Crippen LogP contribution in [0, 0.1) is 0 Å². The predicted molar refractivity (Wildman–Crippen MR) is 73.9 cm³/mol. The normalized spacial score (nSPS) is 9.95. The summed E-state index contributed by atoms with van der Waals surface area (Å²) in [6, 6.07) is 5.14. The van der Waals surface area contributed by atoms with Crippen molar-refractivity contribution in [2.45, 2.75) is 32.6 Å². The molecule has 0 N–H and O–H groups in total. The summed E-state index contributed by atoms with van der Waals surface area (Å²) in [5.74, 6) is 0.0920. The minimum Gasteiger partial charge on any atom is -0.493 e. The molecule has 0 radical (unpaired) electrons. The van der Waals surface area contributed by atoms with Crippen LogP contribution in [0.15, 0.2) is 18.2 Å². The van der Waals surface area contributed by atoms with Gasteiger partial charge in [0, 0.05) is 6.42 Å². The highest BCUT2D eigenvalue weighted by Gasteiger charge is 2.12. The Morgan fingerprint density at radius 3 is 2.35 bits per heavy atom. The molecular formula is C15H20O5. The second kappa shape index (κ2) is 8.19. The average molecular weight is 280 g/mol. The van der Waals surface area contributed by atoms with Crippen molar-refractivity contribution in [1.82, 2.24) is 0 Å². The van der Waals surface area contributed by atoms with Crippen molar-refractivity contribution in [3.63, 3.8) is 0 Å². The van der Waals surface area contributed by atoms with Crippen molar-refractivity contribution in [3.8, 4) is 11.5 Å². The van der Waals surface area contributed by atoms with Gasteiger partial charge in [0.25, 0.3) is 0 Å². The molecule has 0 fully saturated rings. The van der Waals surface area contributed by atoms with Crippen LogP contribution in [-0.2, 0) is 20.7 Å². The minimum atomic E-state index is -0.557. The average Bonchev–Trinajstić information content (AvgIpc) is 2.44. The van der Waals surface area contributed by atoms with E-state index in [0.29, 0.717) is 17.1 Å². The van der Waals surface area contributed by atoms with Gasteiger partial charge in [-0.15, -0.1) is 0 Å². The summed E-state index contributed by atoms with van der Waals surface area (Å²) < 4.78 is 15.0. The maximum absolute atomic E-state index is 11.6. The lowest BCUT2D eigenvalue weighted by molar-refractivity contribution is -0.159. The smallest absolute Gasteiger partial charge is 0.317 e. The lowest BCUT2D eigenvalue weighted by Crippen LogP contribution is -2.14. The number of esters is 2. The number of hydrogen-bond acceptors (Lipinski definition) is 5. The monoisotopic (exact) mass is 280 g/mol. The van der Waals surface area contributed by atoms with E-state index in [1.165, 1.54) is 14.2 Å². The van der Waals surface area contributed by atoms with E-state index >= 15 is 0 Å². The summed E-state index contributed by atoms with van der Waals surface area (Å²) in [5, 5.41) is 0. The molecule has 0 aliphatic carbocycles. The molecule has 1 rings (SSSR count). The van der Waals surface area contributed by atoms with Gasteiger partial charge < -0.3 is 14.2 Å². The van der Waals surface area contributed by atoms with Crippen LogP contribution in [0.3, 0.4) is 0 Å². The third-order valence-corrected chi connectivity index (χ3v) is 2.76. The van der Waals surface area contributed by atoms with Crippen LogP contribution in [-0.4, -0.2) is 26.2 Å². The molecule has 0 unspecified atom stereocenters. The van der Waals surface area contributed by atoms with E-state index < -0.39 is 11.9 Å². The Labute approximate surface area is 118 Å². The van der Waals surface area contributed by atoms with E-state index in [-0.39, 0.29) is 12.8 Å². The third-order valence-electron chi connectivity index (χ3n) is 2.76. The lowest BCUT2D eigenvalue weighted by atomic mass is 10.1. The third kappa shape index (κ3) is 4.91. The first-order chi connectivity index (χ1) is 9.60. The zero-order valence-corrected chi connectivity index (χ0v) is 12.1. The maximum atomic E-state index is 11.6. The molecule has 1 aromatic carbocycles. The highest BCUT2D eigenvalue weighted by Crippen LogP contribution is 2.27. The van der Waals surface area contributed by atoms with Gasteiger partial charge in [0.2, 0.25) is 0 Å². The van der Waals surface area contributed by atoms with Crippen LogP contribution in [0.2, 0.25) is 0 Å². The quantitative estimate of drug-likeness (QED) is 0.567. The molecule has 110 valence electrons. The number of carbonyl (C=O) groups is 2. The molecule has 0 saturated heterocycles. The molecule has 20 heavy (non-hydrogen) atoms. The Morgan fingerprint density at radius 2 is 1.75 bits per heavy atom. The Balaban J connectivity index is 2.59. The van der Waals surface area contributed by atoms with Crippen LogP contribution in [0.4, 0.5) is 0 Å². The maximum Gasteiger partial charge on any atom is 0.317 e. The summed E-state index contributed by atoms with van der Waals surface area (Å²) in [6.07, 6.45) is 1.91. The molecule has 0 heterocycles. The summed E-state index contributed by atoms with van der Waals surface area (Å²) in [4.78, 5) is 23.0.